The van der Waals surface area contributed by atoms with E-state index in [9.17, 15) is 4.79 Å². The van der Waals surface area contributed by atoms with E-state index in [1.54, 1.807) is 0 Å². The number of ether oxygens (including phenoxy) is 2. The molecule has 1 aliphatic carbocycles. The predicted octanol–water partition coefficient (Wildman–Crippen LogP) is 0.978. The number of hydrogen-bond donors (Lipinski definition) is 1. The monoisotopic (exact) mass is 213 g/mol. The van der Waals surface area contributed by atoms with E-state index < -0.39 is 0 Å². The minimum atomic E-state index is -0.362. The Balaban J connectivity index is 1.88. The highest BCUT2D eigenvalue weighted by Crippen LogP contribution is 2.22. The molecule has 0 aromatic rings. The molecule has 0 bridgehead atoms. The van der Waals surface area contributed by atoms with Crippen LogP contribution in [-0.2, 0) is 14.3 Å². The van der Waals surface area contributed by atoms with E-state index in [1.165, 1.54) is 12.8 Å². The Hall–Kier alpha value is -0.610. The lowest BCUT2D eigenvalue weighted by Crippen LogP contribution is -2.39. The largest absolute Gasteiger partial charge is 0.464 e. The van der Waals surface area contributed by atoms with Gasteiger partial charge in [-0.25, -0.2) is 4.79 Å². The highest BCUT2D eigenvalue weighted by atomic mass is 16.6. The van der Waals surface area contributed by atoms with E-state index >= 15 is 0 Å². The summed E-state index contributed by atoms with van der Waals surface area (Å²) >= 11 is 0. The number of nitrogens with two attached hydrogens (primary N) is 1. The molecule has 15 heavy (non-hydrogen) atoms. The Morgan fingerprint density at radius 3 is 2.73 bits per heavy atom. The second kappa shape index (κ2) is 4.94. The molecule has 4 heteroatoms. The standard InChI is InChI=1S/C11H19NO3/c12-8-4-2-1-3-5-9(8)15-10-6-7-14-11(10)13/h8-10H,1-7,12H2. The lowest BCUT2D eigenvalue weighted by Gasteiger charge is -2.23. The van der Waals surface area contributed by atoms with Gasteiger partial charge >= 0.3 is 5.97 Å². The molecular formula is C11H19NO3. The normalized spacial score (nSPS) is 37.4. The maximum Gasteiger partial charge on any atom is 0.335 e. The first-order valence-corrected chi connectivity index (χ1v) is 5.85. The third-order valence-corrected chi connectivity index (χ3v) is 3.23. The molecular weight excluding hydrogens is 194 g/mol. The molecule has 2 fully saturated rings. The summed E-state index contributed by atoms with van der Waals surface area (Å²) in [6.07, 6.45) is 5.90. The zero-order valence-electron chi connectivity index (χ0n) is 8.98. The van der Waals surface area contributed by atoms with Gasteiger partial charge in [-0.2, -0.15) is 0 Å². The van der Waals surface area contributed by atoms with Crippen LogP contribution in [0.2, 0.25) is 0 Å². The second-order valence-electron chi connectivity index (χ2n) is 4.42. The van der Waals surface area contributed by atoms with Crippen molar-refractivity contribution in [1.82, 2.24) is 0 Å². The smallest absolute Gasteiger partial charge is 0.335 e. The molecule has 3 atom stereocenters. The van der Waals surface area contributed by atoms with Crippen molar-refractivity contribution in [1.29, 1.82) is 0 Å². The third-order valence-electron chi connectivity index (χ3n) is 3.23. The lowest BCUT2D eigenvalue weighted by atomic mass is 10.1. The molecule has 4 nitrogen and oxygen atoms in total. The van der Waals surface area contributed by atoms with Crippen molar-refractivity contribution in [2.75, 3.05) is 6.61 Å². The highest BCUT2D eigenvalue weighted by molar-refractivity contribution is 5.76. The van der Waals surface area contributed by atoms with Gasteiger partial charge in [0.05, 0.1) is 12.7 Å². The van der Waals surface area contributed by atoms with Crippen LogP contribution in [0.15, 0.2) is 0 Å². The van der Waals surface area contributed by atoms with Crippen molar-refractivity contribution in [3.8, 4) is 0 Å². The van der Waals surface area contributed by atoms with E-state index in [1.807, 2.05) is 0 Å². The van der Waals surface area contributed by atoms with Gasteiger partial charge < -0.3 is 15.2 Å². The number of cyclic esters (lactones) is 1. The molecule has 0 radical (unpaired) electrons. The first-order valence-electron chi connectivity index (χ1n) is 5.85. The van der Waals surface area contributed by atoms with Gasteiger partial charge in [0, 0.05) is 12.5 Å². The van der Waals surface area contributed by atoms with Gasteiger partial charge in [-0.05, 0) is 12.8 Å². The van der Waals surface area contributed by atoms with Crippen LogP contribution < -0.4 is 5.73 Å². The predicted molar refractivity (Wildman–Crippen MR) is 55.3 cm³/mol. The number of esters is 1. The van der Waals surface area contributed by atoms with Crippen molar-refractivity contribution in [2.24, 2.45) is 5.73 Å². The maximum absolute atomic E-state index is 11.3. The van der Waals surface area contributed by atoms with Crippen molar-refractivity contribution >= 4 is 5.97 Å². The number of hydrogen-bond acceptors (Lipinski definition) is 4. The number of carbonyl (C=O) groups is 1. The molecule has 1 saturated carbocycles. The average Bonchev–Trinajstić information content (AvgIpc) is 2.50. The van der Waals surface area contributed by atoms with Crippen LogP contribution in [0, 0.1) is 0 Å². The Morgan fingerprint density at radius 1 is 1.20 bits per heavy atom. The molecule has 0 aromatic carbocycles. The van der Waals surface area contributed by atoms with Crippen LogP contribution in [0.1, 0.15) is 38.5 Å². The van der Waals surface area contributed by atoms with Gasteiger partial charge in [0.2, 0.25) is 0 Å². The van der Waals surface area contributed by atoms with Crippen molar-refractivity contribution in [3.05, 3.63) is 0 Å². The van der Waals surface area contributed by atoms with Crippen LogP contribution in [0.3, 0.4) is 0 Å². The van der Waals surface area contributed by atoms with E-state index in [-0.39, 0.29) is 24.2 Å². The Kier molecular flexibility index (Phi) is 3.59. The molecule has 1 aliphatic heterocycles. The van der Waals surface area contributed by atoms with Gasteiger partial charge in [-0.15, -0.1) is 0 Å². The van der Waals surface area contributed by atoms with Crippen LogP contribution >= 0.6 is 0 Å². The topological polar surface area (TPSA) is 61.6 Å². The fourth-order valence-electron chi connectivity index (χ4n) is 2.28. The van der Waals surface area contributed by atoms with E-state index in [0.717, 1.165) is 19.3 Å². The van der Waals surface area contributed by atoms with E-state index in [4.69, 9.17) is 15.2 Å². The van der Waals surface area contributed by atoms with Gasteiger partial charge in [0.1, 0.15) is 0 Å². The maximum atomic E-state index is 11.3. The third kappa shape index (κ3) is 2.69. The van der Waals surface area contributed by atoms with Crippen molar-refractivity contribution in [3.63, 3.8) is 0 Å². The number of rotatable bonds is 2. The summed E-state index contributed by atoms with van der Waals surface area (Å²) in [5.41, 5.74) is 6.03. The SMILES string of the molecule is NC1CCCCCC1OC1CCOC1=O. The zero-order valence-corrected chi connectivity index (χ0v) is 8.98. The first kappa shape index (κ1) is 10.9. The van der Waals surface area contributed by atoms with E-state index in [2.05, 4.69) is 0 Å². The molecule has 1 saturated heterocycles. The van der Waals surface area contributed by atoms with Gasteiger partial charge in [0.15, 0.2) is 6.10 Å². The summed E-state index contributed by atoms with van der Waals surface area (Å²) < 4.78 is 10.6. The number of carbonyl (C=O) groups excluding carboxylic acids is 1. The second-order valence-corrected chi connectivity index (χ2v) is 4.42. The average molecular weight is 213 g/mol. The van der Waals surface area contributed by atoms with Crippen molar-refractivity contribution in [2.45, 2.75) is 56.8 Å². The van der Waals surface area contributed by atoms with Crippen molar-refractivity contribution < 1.29 is 14.3 Å². The molecule has 2 aliphatic rings. The Labute approximate surface area is 90.1 Å². The highest BCUT2D eigenvalue weighted by Gasteiger charge is 2.32. The van der Waals surface area contributed by atoms with Gasteiger partial charge in [-0.3, -0.25) is 0 Å². The van der Waals surface area contributed by atoms with Gasteiger partial charge in [-0.1, -0.05) is 19.3 Å². The molecule has 86 valence electrons. The summed E-state index contributed by atoms with van der Waals surface area (Å²) in [7, 11) is 0. The molecule has 0 aromatic heterocycles. The Morgan fingerprint density at radius 2 is 2.00 bits per heavy atom. The summed E-state index contributed by atoms with van der Waals surface area (Å²) in [5.74, 6) is -0.216. The minimum absolute atomic E-state index is 0.0446. The van der Waals surface area contributed by atoms with Crippen LogP contribution in [0.5, 0.6) is 0 Å². The summed E-state index contributed by atoms with van der Waals surface area (Å²) in [6, 6.07) is 0.0842. The molecule has 1 heterocycles. The minimum Gasteiger partial charge on any atom is -0.464 e. The first-order chi connectivity index (χ1) is 7.27. The van der Waals surface area contributed by atoms with Crippen LogP contribution in [0.4, 0.5) is 0 Å². The lowest BCUT2D eigenvalue weighted by molar-refractivity contribution is -0.150. The molecule has 0 spiro atoms. The fourth-order valence-corrected chi connectivity index (χ4v) is 2.28. The van der Waals surface area contributed by atoms with Crippen LogP contribution in [0.25, 0.3) is 0 Å². The zero-order chi connectivity index (χ0) is 10.7. The molecule has 2 N–H and O–H groups in total. The molecule has 0 amide bonds. The Bertz CT molecular complexity index is 232. The van der Waals surface area contributed by atoms with E-state index in [0.29, 0.717) is 13.0 Å². The summed E-state index contributed by atoms with van der Waals surface area (Å²) in [6.45, 7) is 0.492. The van der Waals surface area contributed by atoms with Gasteiger partial charge in [0.25, 0.3) is 0 Å². The summed E-state index contributed by atoms with van der Waals surface area (Å²) in [4.78, 5) is 11.3. The quantitative estimate of drug-likeness (QED) is 0.548. The summed E-state index contributed by atoms with van der Waals surface area (Å²) in [5, 5.41) is 0. The molecule has 3 unspecified atom stereocenters. The molecule has 2 rings (SSSR count). The van der Waals surface area contributed by atoms with Crippen LogP contribution in [-0.4, -0.2) is 30.8 Å². The fraction of sp³-hybridized carbons (Fsp3) is 0.909.